The van der Waals surface area contributed by atoms with Gasteiger partial charge in [-0.05, 0) is 24.6 Å². The Bertz CT molecular complexity index is 379. The lowest BCUT2D eigenvalue weighted by molar-refractivity contribution is 0.100. The highest BCUT2D eigenvalue weighted by molar-refractivity contribution is 5.99. The SMILES string of the molecule is CCC(O)CNc1cc(N)ccc1C(N)=O. The molecule has 0 heterocycles. The molecule has 5 heteroatoms. The maximum Gasteiger partial charge on any atom is 0.250 e. The molecule has 0 aromatic heterocycles. The number of carbonyl (C=O) groups excluding carboxylic acids is 1. The number of hydrogen-bond acceptors (Lipinski definition) is 4. The van der Waals surface area contributed by atoms with Crippen LogP contribution in [0.2, 0.25) is 0 Å². The third-order valence-electron chi connectivity index (χ3n) is 2.31. The Labute approximate surface area is 94.4 Å². The highest BCUT2D eigenvalue weighted by Crippen LogP contribution is 2.18. The number of aliphatic hydroxyl groups is 1. The maximum absolute atomic E-state index is 11.1. The van der Waals surface area contributed by atoms with Gasteiger partial charge in [0.1, 0.15) is 0 Å². The highest BCUT2D eigenvalue weighted by atomic mass is 16.3. The summed E-state index contributed by atoms with van der Waals surface area (Å²) >= 11 is 0. The van der Waals surface area contributed by atoms with Crippen molar-refractivity contribution in [3.05, 3.63) is 23.8 Å². The topological polar surface area (TPSA) is 101 Å². The highest BCUT2D eigenvalue weighted by Gasteiger charge is 2.09. The monoisotopic (exact) mass is 223 g/mol. The number of nitrogens with two attached hydrogens (primary N) is 2. The van der Waals surface area contributed by atoms with Gasteiger partial charge in [-0.25, -0.2) is 0 Å². The third kappa shape index (κ3) is 3.13. The molecule has 16 heavy (non-hydrogen) atoms. The first kappa shape index (κ1) is 12.3. The molecule has 0 aliphatic heterocycles. The van der Waals surface area contributed by atoms with E-state index in [0.717, 1.165) is 0 Å². The minimum atomic E-state index is -0.520. The molecule has 1 aromatic carbocycles. The number of benzene rings is 1. The van der Waals surface area contributed by atoms with Gasteiger partial charge in [-0.3, -0.25) is 4.79 Å². The molecule has 0 fully saturated rings. The van der Waals surface area contributed by atoms with Gasteiger partial charge in [0.05, 0.1) is 11.7 Å². The van der Waals surface area contributed by atoms with Crippen LogP contribution >= 0.6 is 0 Å². The number of nitrogens with one attached hydrogen (secondary N) is 1. The van der Waals surface area contributed by atoms with Crippen LogP contribution in [0.15, 0.2) is 18.2 Å². The Morgan fingerprint density at radius 3 is 2.81 bits per heavy atom. The standard InChI is InChI=1S/C11H17N3O2/c1-2-8(15)6-14-10-5-7(12)3-4-9(10)11(13)16/h3-5,8,14-15H,2,6,12H2,1H3,(H2,13,16). The van der Waals surface area contributed by atoms with Gasteiger partial charge in [0.25, 0.3) is 5.91 Å². The number of carbonyl (C=O) groups is 1. The van der Waals surface area contributed by atoms with Crippen LogP contribution in [0.1, 0.15) is 23.7 Å². The second-order valence-corrected chi connectivity index (χ2v) is 3.61. The van der Waals surface area contributed by atoms with E-state index < -0.39 is 12.0 Å². The van der Waals surface area contributed by atoms with Gasteiger partial charge in [0.2, 0.25) is 0 Å². The van der Waals surface area contributed by atoms with Crippen molar-refractivity contribution in [1.29, 1.82) is 0 Å². The van der Waals surface area contributed by atoms with Crippen molar-refractivity contribution in [1.82, 2.24) is 0 Å². The second kappa shape index (κ2) is 5.37. The molecular formula is C11H17N3O2. The van der Waals surface area contributed by atoms with Gasteiger partial charge < -0.3 is 21.9 Å². The van der Waals surface area contributed by atoms with Crippen LogP contribution in [0.5, 0.6) is 0 Å². The van der Waals surface area contributed by atoms with E-state index in [9.17, 15) is 9.90 Å². The fraction of sp³-hybridized carbons (Fsp3) is 0.364. The molecule has 0 aliphatic rings. The molecule has 88 valence electrons. The molecule has 0 spiro atoms. The van der Waals surface area contributed by atoms with Crippen LogP contribution in [0.3, 0.4) is 0 Å². The summed E-state index contributed by atoms with van der Waals surface area (Å²) in [6.45, 7) is 2.24. The Kier molecular flexibility index (Phi) is 4.13. The van der Waals surface area contributed by atoms with Crippen LogP contribution in [0, 0.1) is 0 Å². The minimum Gasteiger partial charge on any atom is -0.399 e. The fourth-order valence-electron chi connectivity index (χ4n) is 1.30. The van der Waals surface area contributed by atoms with E-state index in [4.69, 9.17) is 11.5 Å². The molecule has 0 saturated carbocycles. The van der Waals surface area contributed by atoms with Gasteiger partial charge in [0, 0.05) is 17.9 Å². The zero-order valence-electron chi connectivity index (χ0n) is 9.23. The van der Waals surface area contributed by atoms with Crippen LogP contribution in [0.25, 0.3) is 0 Å². The lowest BCUT2D eigenvalue weighted by Crippen LogP contribution is -2.21. The van der Waals surface area contributed by atoms with E-state index in [1.165, 1.54) is 0 Å². The van der Waals surface area contributed by atoms with Crippen LogP contribution in [0.4, 0.5) is 11.4 Å². The number of aliphatic hydroxyl groups excluding tert-OH is 1. The van der Waals surface area contributed by atoms with Crippen molar-refractivity contribution < 1.29 is 9.90 Å². The average molecular weight is 223 g/mol. The van der Waals surface area contributed by atoms with Crippen molar-refractivity contribution >= 4 is 17.3 Å². The Hall–Kier alpha value is -1.75. The number of primary amides is 1. The summed E-state index contributed by atoms with van der Waals surface area (Å²) in [5.74, 6) is -0.520. The van der Waals surface area contributed by atoms with Gasteiger partial charge in [-0.15, -0.1) is 0 Å². The second-order valence-electron chi connectivity index (χ2n) is 3.61. The molecule has 0 bridgehead atoms. The Balaban J connectivity index is 2.84. The Morgan fingerprint density at radius 1 is 1.56 bits per heavy atom. The third-order valence-corrected chi connectivity index (χ3v) is 2.31. The van der Waals surface area contributed by atoms with E-state index in [1.807, 2.05) is 6.92 Å². The predicted molar refractivity (Wildman–Crippen MR) is 64.2 cm³/mol. The van der Waals surface area contributed by atoms with Crippen LogP contribution in [-0.2, 0) is 0 Å². The zero-order valence-corrected chi connectivity index (χ0v) is 9.23. The zero-order chi connectivity index (χ0) is 12.1. The predicted octanol–water partition coefficient (Wildman–Crippen LogP) is 0.551. The number of hydrogen-bond donors (Lipinski definition) is 4. The molecule has 1 atom stereocenters. The first-order valence-corrected chi connectivity index (χ1v) is 5.15. The molecular weight excluding hydrogens is 206 g/mol. The smallest absolute Gasteiger partial charge is 0.250 e. The number of anilines is 2. The van der Waals surface area contributed by atoms with Crippen molar-refractivity contribution in [2.75, 3.05) is 17.6 Å². The normalized spacial score (nSPS) is 12.1. The summed E-state index contributed by atoms with van der Waals surface area (Å²) in [4.78, 5) is 11.1. The molecule has 0 radical (unpaired) electrons. The minimum absolute atomic E-state index is 0.361. The molecule has 1 aromatic rings. The first-order valence-electron chi connectivity index (χ1n) is 5.15. The van der Waals surface area contributed by atoms with Gasteiger partial charge in [0.15, 0.2) is 0 Å². The first-order chi connectivity index (χ1) is 7.54. The van der Waals surface area contributed by atoms with E-state index in [1.54, 1.807) is 18.2 Å². The molecule has 0 aliphatic carbocycles. The summed E-state index contributed by atoms with van der Waals surface area (Å²) in [7, 11) is 0. The molecule has 0 saturated heterocycles. The van der Waals surface area contributed by atoms with Crippen molar-refractivity contribution in [3.8, 4) is 0 Å². The van der Waals surface area contributed by atoms with Crippen molar-refractivity contribution in [3.63, 3.8) is 0 Å². The lowest BCUT2D eigenvalue weighted by Gasteiger charge is -2.13. The average Bonchev–Trinajstić information content (AvgIpc) is 2.25. The fourth-order valence-corrected chi connectivity index (χ4v) is 1.30. The summed E-state index contributed by atoms with van der Waals surface area (Å²) < 4.78 is 0. The van der Waals surface area contributed by atoms with Gasteiger partial charge >= 0.3 is 0 Å². The maximum atomic E-state index is 11.1. The Morgan fingerprint density at radius 2 is 2.25 bits per heavy atom. The van der Waals surface area contributed by atoms with E-state index in [2.05, 4.69) is 5.32 Å². The van der Waals surface area contributed by atoms with Gasteiger partial charge in [-0.1, -0.05) is 6.92 Å². The number of nitrogen functional groups attached to an aromatic ring is 1. The molecule has 1 amide bonds. The summed E-state index contributed by atoms with van der Waals surface area (Å²) in [6, 6.07) is 4.81. The molecule has 5 nitrogen and oxygen atoms in total. The largest absolute Gasteiger partial charge is 0.399 e. The summed E-state index contributed by atoms with van der Waals surface area (Å²) in [5, 5.41) is 12.4. The summed E-state index contributed by atoms with van der Waals surface area (Å²) in [5.41, 5.74) is 12.3. The van der Waals surface area contributed by atoms with Crippen LogP contribution in [-0.4, -0.2) is 23.7 Å². The van der Waals surface area contributed by atoms with E-state index >= 15 is 0 Å². The van der Waals surface area contributed by atoms with Crippen molar-refractivity contribution in [2.45, 2.75) is 19.4 Å². The molecule has 1 rings (SSSR count). The number of rotatable bonds is 5. The van der Waals surface area contributed by atoms with Crippen LogP contribution < -0.4 is 16.8 Å². The lowest BCUT2D eigenvalue weighted by atomic mass is 10.1. The molecule has 6 N–H and O–H groups in total. The van der Waals surface area contributed by atoms with E-state index in [-0.39, 0.29) is 0 Å². The molecule has 1 unspecified atom stereocenters. The van der Waals surface area contributed by atoms with Crippen molar-refractivity contribution in [2.24, 2.45) is 5.73 Å². The number of amides is 1. The quantitative estimate of drug-likeness (QED) is 0.547. The van der Waals surface area contributed by atoms with Gasteiger partial charge in [-0.2, -0.15) is 0 Å². The van der Waals surface area contributed by atoms with E-state index in [0.29, 0.717) is 29.9 Å². The summed E-state index contributed by atoms with van der Waals surface area (Å²) in [6.07, 6.45) is 0.184.